The summed E-state index contributed by atoms with van der Waals surface area (Å²) in [5, 5.41) is 2.77. The van der Waals surface area contributed by atoms with E-state index in [0.29, 0.717) is 13.0 Å². The van der Waals surface area contributed by atoms with Crippen LogP contribution in [0.15, 0.2) is 48.5 Å². The molecule has 0 unspecified atom stereocenters. The Hall–Kier alpha value is -3.83. The number of esters is 3. The Morgan fingerprint density at radius 2 is 1.51 bits per heavy atom. The number of carbonyl (C=O) groups is 4. The first-order valence-electron chi connectivity index (χ1n) is 15.7. The first-order chi connectivity index (χ1) is 22.2. The molecule has 1 fully saturated rings. The lowest BCUT2D eigenvalue weighted by molar-refractivity contribution is -0.233. The van der Waals surface area contributed by atoms with E-state index < -0.39 is 59.5 Å². The summed E-state index contributed by atoms with van der Waals surface area (Å²) in [5.74, 6) is -1.74. The fourth-order valence-corrected chi connectivity index (χ4v) is 5.91. The fraction of sp³-hybridized carbons (Fsp3) is 0.500. The molecule has 0 spiro atoms. The molecule has 10 nitrogen and oxygen atoms in total. The standard InChI is InChI=1S/C36H47NO9S/c1-22-13-18-28(30-31(42-23(2)38)32(43-24(3)39)33(44-25(4)40)34(45-30)47-8)21-29(22)20-27-16-14-26(15-17-27)12-10-9-11-19-37-35(41)46-36(5,6)7/h10,12-18,21,30-34H,9,11,19-20H2,1-8H3,(H,37,41)/b12-10+/t30-,31-,32+,33-,34+/m0/s1. The molecule has 1 heterocycles. The van der Waals surface area contributed by atoms with E-state index in [1.807, 2.05) is 45.9 Å². The minimum Gasteiger partial charge on any atom is -0.455 e. The molecule has 0 aliphatic carbocycles. The number of benzene rings is 2. The van der Waals surface area contributed by atoms with Gasteiger partial charge in [0, 0.05) is 27.3 Å². The van der Waals surface area contributed by atoms with Crippen molar-refractivity contribution in [3.8, 4) is 0 Å². The van der Waals surface area contributed by atoms with E-state index in [4.69, 9.17) is 23.7 Å². The summed E-state index contributed by atoms with van der Waals surface area (Å²) in [5.41, 5.74) is 3.87. The number of ether oxygens (including phenoxy) is 5. The van der Waals surface area contributed by atoms with Crippen molar-refractivity contribution in [2.24, 2.45) is 0 Å². The van der Waals surface area contributed by atoms with Crippen molar-refractivity contribution < 1.29 is 42.9 Å². The van der Waals surface area contributed by atoms with Crippen molar-refractivity contribution in [2.45, 2.75) is 103 Å². The predicted octanol–water partition coefficient (Wildman–Crippen LogP) is 6.46. The number of rotatable bonds is 12. The number of amides is 1. The number of thioether (sulfide) groups is 1. The van der Waals surface area contributed by atoms with Crippen LogP contribution in [-0.4, -0.2) is 66.2 Å². The number of nitrogens with one attached hydrogen (secondary N) is 1. The molecule has 0 bridgehead atoms. The zero-order valence-electron chi connectivity index (χ0n) is 28.5. The second-order valence-corrected chi connectivity index (χ2v) is 13.4. The number of hydrogen-bond acceptors (Lipinski definition) is 10. The van der Waals surface area contributed by atoms with E-state index in [1.165, 1.54) is 32.5 Å². The molecule has 1 amide bonds. The van der Waals surface area contributed by atoms with Crippen molar-refractivity contribution in [1.82, 2.24) is 5.32 Å². The molecule has 2 aromatic rings. The highest BCUT2D eigenvalue weighted by molar-refractivity contribution is 7.99. The number of aryl methyl sites for hydroxylation is 1. The van der Waals surface area contributed by atoms with Crippen LogP contribution in [0, 0.1) is 6.92 Å². The molecule has 0 radical (unpaired) electrons. The molecular formula is C36H47NO9S. The molecule has 2 aromatic carbocycles. The number of alkyl carbamates (subject to hydrolysis) is 1. The Balaban J connectivity index is 1.73. The molecule has 5 atom stereocenters. The Morgan fingerprint density at radius 1 is 0.894 bits per heavy atom. The first kappa shape index (κ1) is 37.6. The summed E-state index contributed by atoms with van der Waals surface area (Å²) in [6.07, 6.45) is 3.95. The van der Waals surface area contributed by atoms with Gasteiger partial charge in [0.25, 0.3) is 0 Å². The van der Waals surface area contributed by atoms with Gasteiger partial charge in [-0.1, -0.05) is 54.6 Å². The van der Waals surface area contributed by atoms with Crippen LogP contribution >= 0.6 is 11.8 Å². The Bertz CT molecular complexity index is 1420. The Labute approximate surface area is 281 Å². The first-order valence-corrected chi connectivity index (χ1v) is 17.0. The van der Waals surface area contributed by atoms with E-state index in [9.17, 15) is 19.2 Å². The molecule has 1 N–H and O–H groups in total. The summed E-state index contributed by atoms with van der Waals surface area (Å²) in [4.78, 5) is 48.0. The number of allylic oxidation sites excluding steroid dienone is 1. The van der Waals surface area contributed by atoms with Crippen molar-refractivity contribution >= 4 is 41.8 Å². The zero-order valence-corrected chi connectivity index (χ0v) is 29.3. The molecule has 47 heavy (non-hydrogen) atoms. The molecule has 11 heteroatoms. The van der Waals surface area contributed by atoms with Crippen LogP contribution in [0.4, 0.5) is 4.79 Å². The van der Waals surface area contributed by atoms with Crippen LogP contribution in [-0.2, 0) is 44.5 Å². The number of unbranched alkanes of at least 4 members (excludes halogenated alkanes) is 1. The van der Waals surface area contributed by atoms with Gasteiger partial charge in [0.2, 0.25) is 0 Å². The van der Waals surface area contributed by atoms with Crippen molar-refractivity contribution in [3.63, 3.8) is 0 Å². The summed E-state index contributed by atoms with van der Waals surface area (Å²) in [6.45, 7) is 11.9. The lowest BCUT2D eigenvalue weighted by Crippen LogP contribution is -2.57. The third-order valence-corrected chi connectivity index (χ3v) is 8.08. The maximum Gasteiger partial charge on any atom is 0.407 e. The third kappa shape index (κ3) is 12.0. The smallest absolute Gasteiger partial charge is 0.407 e. The largest absolute Gasteiger partial charge is 0.455 e. The number of hydrogen-bond donors (Lipinski definition) is 1. The van der Waals surface area contributed by atoms with Gasteiger partial charge in [-0.05, 0) is 81.0 Å². The van der Waals surface area contributed by atoms with E-state index in [2.05, 4.69) is 41.7 Å². The van der Waals surface area contributed by atoms with Crippen LogP contribution < -0.4 is 5.32 Å². The van der Waals surface area contributed by atoms with Gasteiger partial charge in [0.05, 0.1) is 0 Å². The highest BCUT2D eigenvalue weighted by Gasteiger charge is 2.52. The quantitative estimate of drug-likeness (QED) is 0.153. The molecule has 0 saturated carbocycles. The van der Waals surface area contributed by atoms with Gasteiger partial charge in [-0.2, -0.15) is 0 Å². The average molecular weight is 670 g/mol. The average Bonchev–Trinajstić information content (AvgIpc) is 2.97. The monoisotopic (exact) mass is 669 g/mol. The highest BCUT2D eigenvalue weighted by Crippen LogP contribution is 2.40. The molecular weight excluding hydrogens is 622 g/mol. The van der Waals surface area contributed by atoms with Crippen LogP contribution in [0.25, 0.3) is 6.08 Å². The van der Waals surface area contributed by atoms with Gasteiger partial charge >= 0.3 is 24.0 Å². The van der Waals surface area contributed by atoms with Crippen LogP contribution in [0.2, 0.25) is 0 Å². The van der Waals surface area contributed by atoms with Crippen molar-refractivity contribution in [1.29, 1.82) is 0 Å². The van der Waals surface area contributed by atoms with Gasteiger partial charge < -0.3 is 29.0 Å². The van der Waals surface area contributed by atoms with Crippen molar-refractivity contribution in [2.75, 3.05) is 12.8 Å². The highest BCUT2D eigenvalue weighted by atomic mass is 32.2. The third-order valence-electron chi connectivity index (χ3n) is 7.24. The summed E-state index contributed by atoms with van der Waals surface area (Å²) in [6, 6.07) is 14.2. The summed E-state index contributed by atoms with van der Waals surface area (Å²) >= 11 is 1.31. The zero-order chi connectivity index (χ0) is 34.7. The Morgan fingerprint density at radius 3 is 2.11 bits per heavy atom. The molecule has 1 aliphatic rings. The van der Waals surface area contributed by atoms with Gasteiger partial charge in [0.15, 0.2) is 18.3 Å². The molecule has 0 aromatic heterocycles. The van der Waals surface area contributed by atoms with Crippen molar-refractivity contribution in [3.05, 3.63) is 76.4 Å². The van der Waals surface area contributed by atoms with E-state index in [-0.39, 0.29) is 0 Å². The number of carbonyl (C=O) groups excluding carboxylic acids is 4. The van der Waals surface area contributed by atoms with Crippen LogP contribution in [0.1, 0.15) is 88.3 Å². The lowest BCUT2D eigenvalue weighted by Gasteiger charge is -2.44. The van der Waals surface area contributed by atoms with Gasteiger partial charge in [0.1, 0.15) is 17.1 Å². The van der Waals surface area contributed by atoms with Gasteiger partial charge in [-0.3, -0.25) is 14.4 Å². The van der Waals surface area contributed by atoms with Crippen LogP contribution in [0.3, 0.4) is 0 Å². The predicted molar refractivity (Wildman–Crippen MR) is 181 cm³/mol. The molecule has 1 aliphatic heterocycles. The fourth-order valence-electron chi connectivity index (χ4n) is 5.20. The maximum atomic E-state index is 12.2. The minimum absolute atomic E-state index is 0.406. The SMILES string of the molecule is CS[C@H]1O[C@@H](c2ccc(C)c(Cc3ccc(/C=C/CCCNC(=O)OC(C)(C)C)cc3)c2)[C@H](OC(C)=O)[C@@H](OC(C)=O)[C@@H]1OC(C)=O. The van der Waals surface area contributed by atoms with Gasteiger partial charge in [-0.15, -0.1) is 11.8 Å². The normalized spacial score (nSPS) is 21.1. The van der Waals surface area contributed by atoms with Gasteiger partial charge in [-0.25, -0.2) is 4.79 Å². The van der Waals surface area contributed by atoms with E-state index in [1.54, 1.807) is 6.26 Å². The Kier molecular flexibility index (Phi) is 13.9. The minimum atomic E-state index is -1.07. The molecule has 3 rings (SSSR count). The maximum absolute atomic E-state index is 12.2. The summed E-state index contributed by atoms with van der Waals surface area (Å²) in [7, 11) is 0. The second-order valence-electron chi connectivity index (χ2n) is 12.5. The second kappa shape index (κ2) is 17.4. The topological polar surface area (TPSA) is 126 Å². The lowest BCUT2D eigenvalue weighted by atomic mass is 9.90. The van der Waals surface area contributed by atoms with E-state index in [0.717, 1.165) is 40.7 Å². The molecule has 1 saturated heterocycles. The van der Waals surface area contributed by atoms with E-state index >= 15 is 0 Å². The summed E-state index contributed by atoms with van der Waals surface area (Å²) < 4.78 is 28.5. The molecule has 256 valence electrons. The van der Waals surface area contributed by atoms with Crippen LogP contribution in [0.5, 0.6) is 0 Å².